The molecule has 0 aliphatic rings. The van der Waals surface area contributed by atoms with E-state index in [-0.39, 0.29) is 12.7 Å². The van der Waals surface area contributed by atoms with Crippen LogP contribution in [0.4, 0.5) is 10.5 Å². The number of nitrogens with zero attached hydrogens (tertiary/aromatic N) is 2. The highest BCUT2D eigenvalue weighted by atomic mass is 16.6. The van der Waals surface area contributed by atoms with Crippen LogP contribution in [0, 0.1) is 0 Å². The molecule has 1 heterocycles. The van der Waals surface area contributed by atoms with E-state index in [9.17, 15) is 4.79 Å². The minimum atomic E-state index is -0.362. The van der Waals surface area contributed by atoms with Gasteiger partial charge < -0.3 is 4.74 Å². The van der Waals surface area contributed by atoms with Gasteiger partial charge >= 0.3 is 6.09 Å². The van der Waals surface area contributed by atoms with Crippen LogP contribution in [0.3, 0.4) is 0 Å². The van der Waals surface area contributed by atoms with Crippen LogP contribution in [0.15, 0.2) is 54.9 Å². The largest absolute Gasteiger partial charge is 0.444 e. The van der Waals surface area contributed by atoms with Crippen molar-refractivity contribution in [3.05, 3.63) is 60.4 Å². The second kappa shape index (κ2) is 6.00. The Hall–Kier alpha value is -2.36. The number of pyridine rings is 1. The Morgan fingerprint density at radius 1 is 1.16 bits per heavy atom. The van der Waals surface area contributed by atoms with Gasteiger partial charge in [0.05, 0.1) is 0 Å². The molecule has 0 aliphatic heterocycles. The Morgan fingerprint density at radius 3 is 2.42 bits per heavy atom. The smallest absolute Gasteiger partial charge is 0.414 e. The number of rotatable bonds is 3. The molecule has 0 fully saturated rings. The molecule has 4 nitrogen and oxygen atoms in total. The Balaban J connectivity index is 1.93. The highest BCUT2D eigenvalue weighted by Crippen LogP contribution is 2.12. The summed E-state index contributed by atoms with van der Waals surface area (Å²) in [6, 6.07) is 13.3. The van der Waals surface area contributed by atoms with E-state index in [2.05, 4.69) is 0 Å². The number of aryl methyl sites for hydroxylation is 1. The van der Waals surface area contributed by atoms with E-state index in [4.69, 9.17) is 4.74 Å². The highest BCUT2D eigenvalue weighted by Gasteiger charge is 2.11. The SMILES string of the molecule is CN(C(=O)OCc1cc[n+](C)cc1)c1ccccc1. The van der Waals surface area contributed by atoms with Gasteiger partial charge in [-0.15, -0.1) is 0 Å². The number of carbonyl (C=O) groups is 1. The molecular weight excluding hydrogens is 240 g/mol. The molecule has 0 bridgehead atoms. The Bertz CT molecular complexity index is 538. The van der Waals surface area contributed by atoms with Crippen molar-refractivity contribution in [3.63, 3.8) is 0 Å². The molecule has 0 spiro atoms. The highest BCUT2D eigenvalue weighted by molar-refractivity contribution is 5.86. The molecule has 98 valence electrons. The zero-order chi connectivity index (χ0) is 13.7. The quantitative estimate of drug-likeness (QED) is 0.790. The number of benzene rings is 1. The van der Waals surface area contributed by atoms with Crippen LogP contribution < -0.4 is 9.47 Å². The van der Waals surface area contributed by atoms with Crippen molar-refractivity contribution >= 4 is 11.8 Å². The number of hydrogen-bond donors (Lipinski definition) is 0. The van der Waals surface area contributed by atoms with Crippen molar-refractivity contribution in [3.8, 4) is 0 Å². The maximum absolute atomic E-state index is 11.9. The Morgan fingerprint density at radius 2 is 1.79 bits per heavy atom. The molecule has 2 rings (SSSR count). The van der Waals surface area contributed by atoms with E-state index < -0.39 is 0 Å². The fourth-order valence-corrected chi connectivity index (χ4v) is 1.63. The normalized spacial score (nSPS) is 10.0. The molecule has 0 atom stereocenters. The minimum absolute atomic E-state index is 0.275. The first kappa shape index (κ1) is 13.1. The van der Waals surface area contributed by atoms with Gasteiger partial charge in [0, 0.05) is 30.4 Å². The first-order chi connectivity index (χ1) is 9.16. The lowest BCUT2D eigenvalue weighted by atomic mass is 10.3. The zero-order valence-electron chi connectivity index (χ0n) is 11.1. The van der Waals surface area contributed by atoms with Crippen molar-refractivity contribution in [1.82, 2.24) is 0 Å². The van der Waals surface area contributed by atoms with E-state index in [0.717, 1.165) is 11.3 Å². The van der Waals surface area contributed by atoms with Gasteiger partial charge in [-0.2, -0.15) is 0 Å². The number of amides is 1. The van der Waals surface area contributed by atoms with Crippen LogP contribution in [-0.4, -0.2) is 13.1 Å². The van der Waals surface area contributed by atoms with Gasteiger partial charge in [0.1, 0.15) is 13.7 Å². The van der Waals surface area contributed by atoms with Gasteiger partial charge in [-0.05, 0) is 12.1 Å². The van der Waals surface area contributed by atoms with Crippen LogP contribution in [0.1, 0.15) is 5.56 Å². The lowest BCUT2D eigenvalue weighted by molar-refractivity contribution is -0.671. The van der Waals surface area contributed by atoms with Gasteiger partial charge in [0.15, 0.2) is 12.4 Å². The molecule has 0 saturated carbocycles. The summed E-state index contributed by atoms with van der Waals surface area (Å²) in [7, 11) is 3.64. The van der Waals surface area contributed by atoms with E-state index >= 15 is 0 Å². The van der Waals surface area contributed by atoms with Crippen LogP contribution in [0.5, 0.6) is 0 Å². The molecule has 4 heteroatoms. The molecule has 19 heavy (non-hydrogen) atoms. The fourth-order valence-electron chi connectivity index (χ4n) is 1.63. The number of aromatic nitrogens is 1. The summed E-state index contributed by atoms with van der Waals surface area (Å²) in [5.41, 5.74) is 1.78. The first-order valence-electron chi connectivity index (χ1n) is 6.06. The van der Waals surface area contributed by atoms with E-state index in [1.165, 1.54) is 4.90 Å². The van der Waals surface area contributed by atoms with Crippen molar-refractivity contribution in [1.29, 1.82) is 0 Å². The average Bonchev–Trinajstić information content (AvgIpc) is 2.46. The number of anilines is 1. The Labute approximate surface area is 112 Å². The monoisotopic (exact) mass is 257 g/mol. The topological polar surface area (TPSA) is 33.4 Å². The summed E-state index contributed by atoms with van der Waals surface area (Å²) in [5.74, 6) is 0. The van der Waals surface area contributed by atoms with Crippen molar-refractivity contribution < 1.29 is 14.1 Å². The third-order valence-electron chi connectivity index (χ3n) is 2.83. The number of para-hydroxylation sites is 1. The summed E-state index contributed by atoms with van der Waals surface area (Å²) < 4.78 is 7.19. The van der Waals surface area contributed by atoms with Gasteiger partial charge in [-0.1, -0.05) is 18.2 Å². The van der Waals surface area contributed by atoms with Gasteiger partial charge in [0.2, 0.25) is 0 Å². The molecular formula is C15H17N2O2+. The maximum Gasteiger partial charge on any atom is 0.414 e. The van der Waals surface area contributed by atoms with Crippen LogP contribution in [0.25, 0.3) is 0 Å². The molecule has 2 aromatic rings. The van der Waals surface area contributed by atoms with E-state index in [0.29, 0.717) is 0 Å². The summed E-state index contributed by atoms with van der Waals surface area (Å²) in [4.78, 5) is 13.4. The molecule has 0 N–H and O–H groups in total. The summed E-state index contributed by atoms with van der Waals surface area (Å²) in [5, 5.41) is 0. The summed E-state index contributed by atoms with van der Waals surface area (Å²) in [6.45, 7) is 0.275. The summed E-state index contributed by atoms with van der Waals surface area (Å²) in [6.07, 6.45) is 3.48. The second-order valence-electron chi connectivity index (χ2n) is 4.32. The number of ether oxygens (including phenoxy) is 1. The molecule has 1 aromatic carbocycles. The van der Waals surface area contributed by atoms with E-state index in [1.54, 1.807) is 7.05 Å². The van der Waals surface area contributed by atoms with Crippen molar-refractivity contribution in [2.24, 2.45) is 7.05 Å². The van der Waals surface area contributed by atoms with Crippen molar-refractivity contribution in [2.45, 2.75) is 6.61 Å². The third kappa shape index (κ3) is 3.55. The summed E-state index contributed by atoms with van der Waals surface area (Å²) >= 11 is 0. The average molecular weight is 257 g/mol. The lowest BCUT2D eigenvalue weighted by Crippen LogP contribution is -2.28. The van der Waals surface area contributed by atoms with Crippen LogP contribution in [-0.2, 0) is 18.4 Å². The van der Waals surface area contributed by atoms with Crippen molar-refractivity contribution in [2.75, 3.05) is 11.9 Å². The number of hydrogen-bond acceptors (Lipinski definition) is 2. The molecule has 0 radical (unpaired) electrons. The molecule has 0 unspecified atom stereocenters. The molecule has 1 amide bonds. The maximum atomic E-state index is 11.9. The third-order valence-corrected chi connectivity index (χ3v) is 2.83. The minimum Gasteiger partial charge on any atom is -0.444 e. The number of carbonyl (C=O) groups excluding carboxylic acids is 1. The first-order valence-corrected chi connectivity index (χ1v) is 6.06. The van der Waals surface area contributed by atoms with Crippen LogP contribution >= 0.6 is 0 Å². The van der Waals surface area contributed by atoms with Gasteiger partial charge in [0.25, 0.3) is 0 Å². The molecule has 1 aromatic heterocycles. The fraction of sp³-hybridized carbons (Fsp3) is 0.200. The predicted molar refractivity (Wildman–Crippen MR) is 72.6 cm³/mol. The van der Waals surface area contributed by atoms with Gasteiger partial charge in [-0.3, -0.25) is 4.90 Å². The van der Waals surface area contributed by atoms with Crippen LogP contribution in [0.2, 0.25) is 0 Å². The second-order valence-corrected chi connectivity index (χ2v) is 4.32. The lowest BCUT2D eigenvalue weighted by Gasteiger charge is -2.16. The predicted octanol–water partition coefficient (Wildman–Crippen LogP) is 2.28. The Kier molecular flexibility index (Phi) is 4.13. The molecule has 0 aliphatic carbocycles. The van der Waals surface area contributed by atoms with Gasteiger partial charge in [-0.25, -0.2) is 9.36 Å². The standard InChI is InChI=1S/C15H17N2O2/c1-16-10-8-13(9-11-16)12-19-15(18)17(2)14-6-4-3-5-7-14/h3-11H,12H2,1-2H3/q+1. The zero-order valence-corrected chi connectivity index (χ0v) is 11.1. The molecule has 0 saturated heterocycles. The van der Waals surface area contributed by atoms with E-state index in [1.807, 2.05) is 66.5 Å².